The van der Waals surface area contributed by atoms with E-state index in [-0.39, 0.29) is 23.9 Å². The van der Waals surface area contributed by atoms with Gasteiger partial charge < -0.3 is 19.2 Å². The summed E-state index contributed by atoms with van der Waals surface area (Å²) in [4.78, 5) is 31.1. The molecule has 0 bridgehead atoms. The molecule has 2 amide bonds. The number of nitrogens with one attached hydrogen (secondary N) is 1. The van der Waals surface area contributed by atoms with Crippen molar-refractivity contribution in [1.29, 1.82) is 0 Å². The third kappa shape index (κ3) is 3.45. The van der Waals surface area contributed by atoms with Gasteiger partial charge >= 0.3 is 0 Å². The second-order valence-corrected chi connectivity index (χ2v) is 6.87. The Morgan fingerprint density at radius 3 is 2.70 bits per heavy atom. The topological polar surface area (TPSA) is 80.4 Å². The summed E-state index contributed by atoms with van der Waals surface area (Å²) >= 11 is 0. The maximum Gasteiger partial charge on any atom is 0.289 e. The summed E-state index contributed by atoms with van der Waals surface area (Å²) in [6, 6.07) is 10.9. The van der Waals surface area contributed by atoms with Gasteiger partial charge in [0.15, 0.2) is 5.76 Å². The third-order valence-electron chi connectivity index (χ3n) is 5.14. The molecule has 0 aliphatic carbocycles. The largest absolute Gasteiger partial charge is 0.459 e. The Morgan fingerprint density at radius 2 is 1.96 bits per heavy atom. The van der Waals surface area contributed by atoms with Crippen LogP contribution in [0.25, 0.3) is 11.0 Å². The zero-order valence-corrected chi connectivity index (χ0v) is 15.2. The normalized spacial score (nSPS) is 16.4. The number of benzene rings is 1. The molecule has 0 radical (unpaired) electrons. The number of nitrogens with zero attached hydrogens (tertiary/aromatic N) is 3. The number of likely N-dealkylation sites (tertiary alicyclic amines) is 1. The monoisotopic (exact) mass is 366 g/mol. The van der Waals surface area contributed by atoms with Crippen molar-refractivity contribution in [2.75, 3.05) is 13.1 Å². The zero-order valence-electron chi connectivity index (χ0n) is 15.2. The highest BCUT2D eigenvalue weighted by atomic mass is 16.3. The first-order chi connectivity index (χ1) is 13.1. The summed E-state index contributed by atoms with van der Waals surface area (Å²) < 4.78 is 7.07. The van der Waals surface area contributed by atoms with Crippen LogP contribution in [0.15, 0.2) is 53.4 Å². The van der Waals surface area contributed by atoms with Crippen molar-refractivity contribution in [3.8, 4) is 0 Å². The summed E-state index contributed by atoms with van der Waals surface area (Å²) in [7, 11) is 0. The van der Waals surface area contributed by atoms with Gasteiger partial charge in [0, 0.05) is 19.1 Å². The number of amides is 2. The lowest BCUT2D eigenvalue weighted by Gasteiger charge is -2.32. The summed E-state index contributed by atoms with van der Waals surface area (Å²) in [6.45, 7) is 3.08. The highest BCUT2D eigenvalue weighted by molar-refractivity contribution is 5.91. The molecule has 7 nitrogen and oxygen atoms in total. The highest BCUT2D eigenvalue weighted by Crippen LogP contribution is 2.19. The van der Waals surface area contributed by atoms with Crippen LogP contribution in [0.5, 0.6) is 0 Å². The Kier molecular flexibility index (Phi) is 4.66. The van der Waals surface area contributed by atoms with Gasteiger partial charge in [0.2, 0.25) is 5.91 Å². The van der Waals surface area contributed by atoms with Gasteiger partial charge in [-0.3, -0.25) is 9.59 Å². The van der Waals surface area contributed by atoms with Crippen LogP contribution < -0.4 is 5.32 Å². The smallest absolute Gasteiger partial charge is 0.289 e. The molecule has 140 valence electrons. The quantitative estimate of drug-likeness (QED) is 0.770. The van der Waals surface area contributed by atoms with Crippen LogP contribution in [-0.2, 0) is 4.79 Å². The average Bonchev–Trinajstić information content (AvgIpc) is 3.37. The molecular weight excluding hydrogens is 344 g/mol. The van der Waals surface area contributed by atoms with Crippen LogP contribution in [-0.4, -0.2) is 45.4 Å². The number of imidazole rings is 1. The molecule has 1 atom stereocenters. The first-order valence-electron chi connectivity index (χ1n) is 9.18. The molecule has 0 unspecified atom stereocenters. The first-order valence-corrected chi connectivity index (χ1v) is 9.18. The van der Waals surface area contributed by atoms with Crippen molar-refractivity contribution < 1.29 is 14.0 Å². The lowest BCUT2D eigenvalue weighted by Crippen LogP contribution is -2.47. The van der Waals surface area contributed by atoms with Crippen LogP contribution in [0.4, 0.5) is 0 Å². The number of carbonyl (C=O) groups is 2. The van der Waals surface area contributed by atoms with Gasteiger partial charge in [-0.2, -0.15) is 0 Å². The predicted octanol–water partition coefficient (Wildman–Crippen LogP) is 2.61. The number of para-hydroxylation sites is 2. The number of aromatic nitrogens is 2. The second kappa shape index (κ2) is 7.26. The standard InChI is InChI=1S/C20H22N4O3/c1-14(24-13-21-16-5-2-3-6-17(16)24)19(25)22-15-8-10-23(11-9-15)20(26)18-7-4-12-27-18/h2-7,12-15H,8-11H2,1H3,(H,22,25)/t14-/m0/s1. The Balaban J connectivity index is 1.35. The number of furan rings is 1. The summed E-state index contributed by atoms with van der Waals surface area (Å²) in [6.07, 6.45) is 4.67. The van der Waals surface area contributed by atoms with Crippen molar-refractivity contribution in [1.82, 2.24) is 19.8 Å². The van der Waals surface area contributed by atoms with Gasteiger partial charge in [-0.15, -0.1) is 0 Å². The van der Waals surface area contributed by atoms with E-state index in [4.69, 9.17) is 4.42 Å². The average molecular weight is 366 g/mol. The summed E-state index contributed by atoms with van der Waals surface area (Å²) in [5.41, 5.74) is 1.82. The van der Waals surface area contributed by atoms with Crippen molar-refractivity contribution in [3.63, 3.8) is 0 Å². The molecule has 3 heterocycles. The molecule has 4 rings (SSSR count). The molecule has 0 saturated carbocycles. The van der Waals surface area contributed by atoms with Crippen LogP contribution in [0, 0.1) is 0 Å². The molecular formula is C20H22N4O3. The van der Waals surface area contributed by atoms with E-state index in [1.54, 1.807) is 23.4 Å². The molecule has 27 heavy (non-hydrogen) atoms. The van der Waals surface area contributed by atoms with Gasteiger partial charge in [0.1, 0.15) is 6.04 Å². The van der Waals surface area contributed by atoms with Gasteiger partial charge in [0.25, 0.3) is 5.91 Å². The lowest BCUT2D eigenvalue weighted by atomic mass is 10.0. The number of carbonyl (C=O) groups excluding carboxylic acids is 2. The number of fused-ring (bicyclic) bond motifs is 1. The molecule has 1 aromatic carbocycles. The van der Waals surface area contributed by atoms with Crippen LogP contribution in [0.3, 0.4) is 0 Å². The number of hydrogen-bond acceptors (Lipinski definition) is 4. The van der Waals surface area contributed by atoms with Crippen LogP contribution in [0.1, 0.15) is 36.4 Å². The van der Waals surface area contributed by atoms with Crippen LogP contribution in [0.2, 0.25) is 0 Å². The fourth-order valence-corrected chi connectivity index (χ4v) is 3.52. The highest BCUT2D eigenvalue weighted by Gasteiger charge is 2.27. The minimum atomic E-state index is -0.347. The van der Waals surface area contributed by atoms with Gasteiger partial charge in [-0.05, 0) is 44.0 Å². The van der Waals surface area contributed by atoms with Gasteiger partial charge in [0.05, 0.1) is 23.6 Å². The summed E-state index contributed by atoms with van der Waals surface area (Å²) in [5.74, 6) is 0.232. The summed E-state index contributed by atoms with van der Waals surface area (Å²) in [5, 5.41) is 3.12. The Hall–Kier alpha value is -3.09. The molecule has 1 aliphatic rings. The van der Waals surface area contributed by atoms with Crippen LogP contribution >= 0.6 is 0 Å². The fraction of sp³-hybridized carbons (Fsp3) is 0.350. The Morgan fingerprint density at radius 1 is 1.19 bits per heavy atom. The van der Waals surface area contributed by atoms with Gasteiger partial charge in [-0.25, -0.2) is 4.98 Å². The first kappa shape index (κ1) is 17.3. The van der Waals surface area contributed by atoms with E-state index in [0.717, 1.165) is 23.9 Å². The molecule has 7 heteroatoms. The number of piperidine rings is 1. The van der Waals surface area contributed by atoms with E-state index in [1.807, 2.05) is 35.8 Å². The van der Waals surface area contributed by atoms with Crippen molar-refractivity contribution in [2.24, 2.45) is 0 Å². The Labute approximate surface area is 157 Å². The van der Waals surface area contributed by atoms with E-state index in [2.05, 4.69) is 10.3 Å². The van der Waals surface area contributed by atoms with Crippen molar-refractivity contribution in [3.05, 3.63) is 54.7 Å². The minimum absolute atomic E-state index is 0.0334. The maximum atomic E-state index is 12.7. The number of rotatable bonds is 4. The van der Waals surface area contributed by atoms with Crippen molar-refractivity contribution in [2.45, 2.75) is 31.8 Å². The molecule has 1 saturated heterocycles. The molecule has 1 aliphatic heterocycles. The van der Waals surface area contributed by atoms with Crippen molar-refractivity contribution >= 4 is 22.8 Å². The van der Waals surface area contributed by atoms with E-state index in [0.29, 0.717) is 18.8 Å². The maximum absolute atomic E-state index is 12.7. The third-order valence-corrected chi connectivity index (χ3v) is 5.14. The Bertz CT molecular complexity index is 939. The fourth-order valence-electron chi connectivity index (χ4n) is 3.52. The molecule has 1 N–H and O–H groups in total. The lowest BCUT2D eigenvalue weighted by molar-refractivity contribution is -0.124. The van der Waals surface area contributed by atoms with E-state index >= 15 is 0 Å². The van der Waals surface area contributed by atoms with E-state index in [1.165, 1.54) is 6.26 Å². The SMILES string of the molecule is C[C@@H](C(=O)NC1CCN(C(=O)c2ccco2)CC1)n1cnc2ccccc21. The van der Waals surface area contributed by atoms with E-state index < -0.39 is 0 Å². The van der Waals surface area contributed by atoms with E-state index in [9.17, 15) is 9.59 Å². The molecule has 1 fully saturated rings. The zero-order chi connectivity index (χ0) is 18.8. The molecule has 2 aromatic heterocycles. The molecule has 3 aromatic rings. The van der Waals surface area contributed by atoms with Gasteiger partial charge in [-0.1, -0.05) is 12.1 Å². The molecule has 0 spiro atoms. The second-order valence-electron chi connectivity index (χ2n) is 6.87. The minimum Gasteiger partial charge on any atom is -0.459 e. The predicted molar refractivity (Wildman–Crippen MR) is 100 cm³/mol. The number of hydrogen-bond donors (Lipinski definition) is 1.